The summed E-state index contributed by atoms with van der Waals surface area (Å²) in [5.74, 6) is 2.61. The molecule has 0 atom stereocenters. The van der Waals surface area contributed by atoms with Gasteiger partial charge in [0.25, 0.3) is 0 Å². The maximum absolute atomic E-state index is 4.62. The molecule has 1 N–H and O–H groups in total. The van der Waals surface area contributed by atoms with Gasteiger partial charge in [0.15, 0.2) is 0 Å². The fraction of sp³-hybridized carbons (Fsp3) is 0.765. The van der Waals surface area contributed by atoms with Crippen LogP contribution in [0.5, 0.6) is 0 Å². The van der Waals surface area contributed by atoms with Gasteiger partial charge in [-0.25, -0.2) is 9.97 Å². The number of hydrogen-bond donors (Lipinski definition) is 1. The first-order chi connectivity index (χ1) is 10.1. The molecule has 1 aromatic heterocycles. The average Bonchev–Trinajstić information content (AvgIpc) is 2.46. The van der Waals surface area contributed by atoms with Gasteiger partial charge in [0.2, 0.25) is 0 Å². The van der Waals surface area contributed by atoms with E-state index in [4.69, 9.17) is 0 Å². The number of anilines is 1. The lowest BCUT2D eigenvalue weighted by molar-refractivity contribution is 0.528. The van der Waals surface area contributed by atoms with Crippen molar-refractivity contribution in [3.8, 4) is 0 Å². The average molecular weight is 290 g/mol. The molecule has 118 valence electrons. The molecule has 0 aliphatic carbocycles. The van der Waals surface area contributed by atoms with Gasteiger partial charge in [0.05, 0.1) is 5.69 Å². The molecule has 0 amide bonds. The Kier molecular flexibility index (Phi) is 5.97. The van der Waals surface area contributed by atoms with Crippen molar-refractivity contribution in [2.75, 3.05) is 24.5 Å². The van der Waals surface area contributed by atoms with E-state index < -0.39 is 0 Å². The van der Waals surface area contributed by atoms with Crippen LogP contribution in [0.4, 0.5) is 5.82 Å². The quantitative estimate of drug-likeness (QED) is 0.838. The van der Waals surface area contributed by atoms with Crippen LogP contribution in [0.1, 0.15) is 51.8 Å². The van der Waals surface area contributed by atoms with Crippen molar-refractivity contribution in [3.05, 3.63) is 17.6 Å². The number of fused-ring (bicyclic) bond motifs is 1. The van der Waals surface area contributed by atoms with E-state index in [2.05, 4.69) is 47.9 Å². The van der Waals surface area contributed by atoms with E-state index in [1.807, 2.05) is 0 Å². The Morgan fingerprint density at radius 1 is 1.10 bits per heavy atom. The van der Waals surface area contributed by atoms with Crippen LogP contribution in [-0.2, 0) is 13.0 Å². The van der Waals surface area contributed by atoms with E-state index in [-0.39, 0.29) is 0 Å². The molecule has 0 radical (unpaired) electrons. The summed E-state index contributed by atoms with van der Waals surface area (Å²) >= 11 is 0. The normalized spacial score (nSPS) is 14.6. The van der Waals surface area contributed by atoms with E-state index in [9.17, 15) is 0 Å². The summed E-state index contributed by atoms with van der Waals surface area (Å²) in [6.45, 7) is 13.3. The van der Waals surface area contributed by atoms with Gasteiger partial charge >= 0.3 is 0 Å². The molecule has 0 spiro atoms. The topological polar surface area (TPSA) is 41.1 Å². The molecular weight excluding hydrogens is 260 g/mol. The molecule has 4 nitrogen and oxygen atoms in total. The summed E-state index contributed by atoms with van der Waals surface area (Å²) in [5.41, 5.74) is 2.55. The predicted molar refractivity (Wildman–Crippen MR) is 88.6 cm³/mol. The minimum atomic E-state index is 0.724. The number of nitrogens with one attached hydrogen (secondary N) is 1. The van der Waals surface area contributed by atoms with Gasteiger partial charge in [-0.2, -0.15) is 0 Å². The van der Waals surface area contributed by atoms with Crippen molar-refractivity contribution >= 4 is 5.82 Å². The van der Waals surface area contributed by atoms with Crippen LogP contribution in [0.3, 0.4) is 0 Å². The number of hydrogen-bond acceptors (Lipinski definition) is 4. The fourth-order valence-corrected chi connectivity index (χ4v) is 2.68. The summed E-state index contributed by atoms with van der Waals surface area (Å²) in [6, 6.07) is 0. The lowest BCUT2D eigenvalue weighted by Crippen LogP contribution is -2.33. The Morgan fingerprint density at radius 2 is 1.76 bits per heavy atom. The van der Waals surface area contributed by atoms with E-state index in [0.29, 0.717) is 0 Å². The van der Waals surface area contributed by atoms with E-state index in [0.717, 1.165) is 50.3 Å². The van der Waals surface area contributed by atoms with E-state index in [1.165, 1.54) is 24.1 Å². The van der Waals surface area contributed by atoms with E-state index in [1.54, 1.807) is 6.33 Å². The lowest BCUT2D eigenvalue weighted by atomic mass is 10.1. The Bertz CT molecular complexity index is 430. The highest BCUT2D eigenvalue weighted by Gasteiger charge is 2.19. The van der Waals surface area contributed by atoms with E-state index >= 15 is 0 Å². The number of rotatable bonds is 7. The third-order valence-electron chi connectivity index (χ3n) is 4.10. The highest BCUT2D eigenvalue weighted by molar-refractivity contribution is 5.49. The largest absolute Gasteiger partial charge is 0.356 e. The van der Waals surface area contributed by atoms with Crippen LogP contribution in [0.25, 0.3) is 0 Å². The van der Waals surface area contributed by atoms with Crippen molar-refractivity contribution in [1.82, 2.24) is 15.3 Å². The molecule has 1 aliphatic rings. The number of aromatic nitrogens is 2. The molecule has 0 unspecified atom stereocenters. The first-order valence-electron chi connectivity index (χ1n) is 8.36. The number of nitrogens with zero attached hydrogens (tertiary/aromatic N) is 3. The van der Waals surface area contributed by atoms with Crippen LogP contribution in [0, 0.1) is 11.8 Å². The van der Waals surface area contributed by atoms with Crippen molar-refractivity contribution in [3.63, 3.8) is 0 Å². The molecule has 4 heteroatoms. The van der Waals surface area contributed by atoms with Gasteiger partial charge in [-0.15, -0.1) is 0 Å². The van der Waals surface area contributed by atoms with Crippen LogP contribution < -0.4 is 10.2 Å². The first kappa shape index (κ1) is 16.2. The smallest absolute Gasteiger partial charge is 0.136 e. The molecule has 2 heterocycles. The zero-order chi connectivity index (χ0) is 15.2. The third kappa shape index (κ3) is 4.67. The van der Waals surface area contributed by atoms with Crippen molar-refractivity contribution in [1.29, 1.82) is 0 Å². The summed E-state index contributed by atoms with van der Waals surface area (Å²) in [6.07, 6.45) is 5.19. The van der Waals surface area contributed by atoms with Gasteiger partial charge in [0.1, 0.15) is 12.1 Å². The molecule has 0 aromatic carbocycles. The second-order valence-electron chi connectivity index (χ2n) is 6.90. The zero-order valence-corrected chi connectivity index (χ0v) is 14.0. The van der Waals surface area contributed by atoms with Gasteiger partial charge in [-0.05, 0) is 24.7 Å². The first-order valence-corrected chi connectivity index (χ1v) is 8.36. The van der Waals surface area contributed by atoms with Crippen LogP contribution in [0.2, 0.25) is 0 Å². The summed E-state index contributed by atoms with van der Waals surface area (Å²) < 4.78 is 0. The highest BCUT2D eigenvalue weighted by Crippen LogP contribution is 2.24. The van der Waals surface area contributed by atoms with Crippen molar-refractivity contribution < 1.29 is 0 Å². The summed E-state index contributed by atoms with van der Waals surface area (Å²) in [5, 5.41) is 3.46. The van der Waals surface area contributed by atoms with Crippen molar-refractivity contribution in [2.24, 2.45) is 11.8 Å². The van der Waals surface area contributed by atoms with Crippen LogP contribution in [0.15, 0.2) is 6.33 Å². The zero-order valence-electron chi connectivity index (χ0n) is 14.0. The highest BCUT2D eigenvalue weighted by atomic mass is 15.2. The standard InChI is InChI=1S/C17H30N4/c1-13(2)6-9-21(10-7-14(3)4)17-15-11-18-8-5-16(15)19-12-20-17/h12-14,18H,5-11H2,1-4H3. The molecule has 0 saturated carbocycles. The molecular formula is C17H30N4. The Hall–Kier alpha value is -1.16. The third-order valence-corrected chi connectivity index (χ3v) is 4.10. The lowest BCUT2D eigenvalue weighted by Gasteiger charge is -2.29. The predicted octanol–water partition coefficient (Wildman–Crippen LogP) is 3.02. The molecule has 0 fully saturated rings. The molecule has 1 aromatic rings. The van der Waals surface area contributed by atoms with Gasteiger partial charge < -0.3 is 10.2 Å². The Labute approximate surface area is 129 Å². The van der Waals surface area contributed by atoms with Crippen LogP contribution in [-0.4, -0.2) is 29.6 Å². The molecule has 1 aliphatic heterocycles. The molecule has 0 saturated heterocycles. The van der Waals surface area contributed by atoms with Crippen molar-refractivity contribution in [2.45, 2.75) is 53.5 Å². The SMILES string of the molecule is CC(C)CCN(CCC(C)C)c1ncnc2c1CNCC2. The van der Waals surface area contributed by atoms with Gasteiger partial charge in [-0.1, -0.05) is 27.7 Å². The maximum atomic E-state index is 4.62. The second kappa shape index (κ2) is 7.74. The molecule has 2 rings (SSSR count). The summed E-state index contributed by atoms with van der Waals surface area (Å²) in [4.78, 5) is 11.6. The maximum Gasteiger partial charge on any atom is 0.136 e. The fourth-order valence-electron chi connectivity index (χ4n) is 2.68. The minimum Gasteiger partial charge on any atom is -0.356 e. The van der Waals surface area contributed by atoms with Crippen LogP contribution >= 0.6 is 0 Å². The molecule has 21 heavy (non-hydrogen) atoms. The monoisotopic (exact) mass is 290 g/mol. The molecule has 0 bridgehead atoms. The second-order valence-corrected chi connectivity index (χ2v) is 6.90. The Balaban J connectivity index is 2.18. The van der Waals surface area contributed by atoms with Gasteiger partial charge in [-0.3, -0.25) is 0 Å². The van der Waals surface area contributed by atoms with Gasteiger partial charge in [0, 0.05) is 38.2 Å². The minimum absolute atomic E-state index is 0.724. The summed E-state index contributed by atoms with van der Waals surface area (Å²) in [7, 11) is 0. The Morgan fingerprint density at radius 3 is 2.38 bits per heavy atom.